The number of benzene rings is 2. The summed E-state index contributed by atoms with van der Waals surface area (Å²) in [6, 6.07) is 21.7. The van der Waals surface area contributed by atoms with Crippen molar-refractivity contribution in [3.05, 3.63) is 77.4 Å². The third-order valence-corrected chi connectivity index (χ3v) is 4.62. The maximum absolute atomic E-state index is 12.6. The fourth-order valence-electron chi connectivity index (χ4n) is 2.83. The Kier molecular flexibility index (Phi) is 6.60. The zero-order valence-electron chi connectivity index (χ0n) is 15.1. The molecule has 0 unspecified atom stereocenters. The minimum atomic E-state index is -0.00971. The fraction of sp³-hybridized carbons (Fsp3) is 0.182. The first-order valence-corrected chi connectivity index (χ1v) is 9.67. The van der Waals surface area contributed by atoms with Gasteiger partial charge in [0.05, 0.1) is 13.0 Å². The van der Waals surface area contributed by atoms with Gasteiger partial charge in [0, 0.05) is 22.8 Å². The summed E-state index contributed by atoms with van der Waals surface area (Å²) in [4.78, 5) is 18.6. The molecular weight excluding hydrogens is 404 g/mol. The Hall–Kier alpha value is -2.66. The molecule has 2 aromatic carbocycles. The SMILES string of the molecule is CCN(C(=O)CCOc1ccccc1-c1ccccc1)c1ccc(Br)cn1. The van der Waals surface area contributed by atoms with Gasteiger partial charge in [-0.15, -0.1) is 0 Å². The molecule has 0 fully saturated rings. The van der Waals surface area contributed by atoms with Gasteiger partial charge in [-0.05, 0) is 46.6 Å². The quantitative estimate of drug-likeness (QED) is 0.514. The van der Waals surface area contributed by atoms with Crippen LogP contribution in [0, 0.1) is 0 Å². The number of hydrogen-bond donors (Lipinski definition) is 0. The molecule has 0 saturated carbocycles. The van der Waals surface area contributed by atoms with Crippen LogP contribution < -0.4 is 9.64 Å². The van der Waals surface area contributed by atoms with Crippen molar-refractivity contribution in [2.45, 2.75) is 13.3 Å². The second kappa shape index (κ2) is 9.33. The number of nitrogens with zero attached hydrogens (tertiary/aromatic N) is 2. The molecule has 1 aromatic heterocycles. The molecule has 0 saturated heterocycles. The Morgan fingerprint density at radius 3 is 2.48 bits per heavy atom. The molecule has 0 atom stereocenters. The molecule has 0 radical (unpaired) electrons. The van der Waals surface area contributed by atoms with Crippen LogP contribution in [0.15, 0.2) is 77.4 Å². The van der Waals surface area contributed by atoms with Crippen LogP contribution in [-0.4, -0.2) is 24.0 Å². The molecule has 4 nitrogen and oxygen atoms in total. The van der Waals surface area contributed by atoms with E-state index in [2.05, 4.69) is 20.9 Å². The summed E-state index contributed by atoms with van der Waals surface area (Å²) in [5, 5.41) is 0. The first-order chi connectivity index (χ1) is 13.2. The summed E-state index contributed by atoms with van der Waals surface area (Å²) in [5.41, 5.74) is 2.11. The van der Waals surface area contributed by atoms with E-state index in [1.807, 2.05) is 73.7 Å². The number of ether oxygens (including phenoxy) is 1. The molecule has 0 aliphatic carbocycles. The summed E-state index contributed by atoms with van der Waals surface area (Å²) in [6.07, 6.45) is 1.98. The van der Waals surface area contributed by atoms with Gasteiger partial charge in [-0.2, -0.15) is 0 Å². The number of anilines is 1. The van der Waals surface area contributed by atoms with E-state index in [1.54, 1.807) is 11.1 Å². The number of carbonyl (C=O) groups excluding carboxylic acids is 1. The molecule has 3 aromatic rings. The maximum atomic E-state index is 12.6. The molecule has 3 rings (SSSR count). The fourth-order valence-corrected chi connectivity index (χ4v) is 3.06. The molecule has 138 valence electrons. The van der Waals surface area contributed by atoms with Gasteiger partial charge in [-0.3, -0.25) is 9.69 Å². The Morgan fingerprint density at radius 2 is 1.78 bits per heavy atom. The average molecular weight is 425 g/mol. The first-order valence-electron chi connectivity index (χ1n) is 8.88. The Labute approximate surface area is 167 Å². The number of amides is 1. The molecule has 0 aliphatic heterocycles. The summed E-state index contributed by atoms with van der Waals surface area (Å²) >= 11 is 3.36. The number of halogens is 1. The Morgan fingerprint density at radius 1 is 1.04 bits per heavy atom. The van der Waals surface area contributed by atoms with Crippen molar-refractivity contribution in [2.75, 3.05) is 18.1 Å². The third-order valence-electron chi connectivity index (χ3n) is 4.15. The first kappa shape index (κ1) is 19.1. The average Bonchev–Trinajstić information content (AvgIpc) is 2.71. The normalized spacial score (nSPS) is 10.4. The van der Waals surface area contributed by atoms with E-state index in [-0.39, 0.29) is 12.3 Å². The van der Waals surface area contributed by atoms with Crippen molar-refractivity contribution in [3.63, 3.8) is 0 Å². The number of aromatic nitrogens is 1. The van der Waals surface area contributed by atoms with Gasteiger partial charge in [0.1, 0.15) is 11.6 Å². The predicted molar refractivity (Wildman–Crippen MR) is 112 cm³/mol. The molecule has 0 aliphatic rings. The maximum Gasteiger partial charge on any atom is 0.231 e. The minimum absolute atomic E-state index is 0.00971. The number of pyridine rings is 1. The van der Waals surface area contributed by atoms with Crippen molar-refractivity contribution in [1.82, 2.24) is 4.98 Å². The van der Waals surface area contributed by atoms with Gasteiger partial charge in [0.15, 0.2) is 0 Å². The molecule has 27 heavy (non-hydrogen) atoms. The van der Waals surface area contributed by atoms with Gasteiger partial charge in [0.25, 0.3) is 0 Å². The summed E-state index contributed by atoms with van der Waals surface area (Å²) in [5.74, 6) is 1.42. The van der Waals surface area contributed by atoms with Crippen LogP contribution in [0.5, 0.6) is 5.75 Å². The van der Waals surface area contributed by atoms with Gasteiger partial charge in [-0.1, -0.05) is 48.5 Å². The van der Waals surface area contributed by atoms with Crippen molar-refractivity contribution in [3.8, 4) is 16.9 Å². The molecule has 1 heterocycles. The highest BCUT2D eigenvalue weighted by Gasteiger charge is 2.15. The largest absolute Gasteiger partial charge is 0.492 e. The van der Waals surface area contributed by atoms with Crippen LogP contribution in [0.2, 0.25) is 0 Å². The van der Waals surface area contributed by atoms with Crippen LogP contribution in [0.4, 0.5) is 5.82 Å². The van der Waals surface area contributed by atoms with Crippen LogP contribution in [0.3, 0.4) is 0 Å². The zero-order valence-corrected chi connectivity index (χ0v) is 16.7. The lowest BCUT2D eigenvalue weighted by molar-refractivity contribution is -0.119. The Bertz CT molecular complexity index is 882. The monoisotopic (exact) mass is 424 g/mol. The second-order valence-electron chi connectivity index (χ2n) is 5.93. The summed E-state index contributed by atoms with van der Waals surface area (Å²) in [6.45, 7) is 2.82. The van der Waals surface area contributed by atoms with Gasteiger partial charge < -0.3 is 4.74 Å². The lowest BCUT2D eigenvalue weighted by Gasteiger charge is -2.20. The highest BCUT2D eigenvalue weighted by atomic mass is 79.9. The molecule has 5 heteroatoms. The van der Waals surface area contributed by atoms with Crippen molar-refractivity contribution in [1.29, 1.82) is 0 Å². The van der Waals surface area contributed by atoms with E-state index < -0.39 is 0 Å². The molecule has 0 N–H and O–H groups in total. The van der Waals surface area contributed by atoms with Crippen LogP contribution in [0.25, 0.3) is 11.1 Å². The van der Waals surface area contributed by atoms with E-state index in [4.69, 9.17) is 4.74 Å². The van der Waals surface area contributed by atoms with E-state index in [0.717, 1.165) is 21.3 Å². The van der Waals surface area contributed by atoms with E-state index in [1.165, 1.54) is 0 Å². The standard InChI is InChI=1S/C22H21BrN2O2/c1-2-25(21-13-12-18(23)16-24-21)22(26)14-15-27-20-11-7-6-10-19(20)17-8-4-3-5-9-17/h3-13,16H,2,14-15H2,1H3. The van der Waals surface area contributed by atoms with Crippen molar-refractivity contribution >= 4 is 27.7 Å². The molecule has 0 spiro atoms. The minimum Gasteiger partial charge on any atom is -0.492 e. The van der Waals surface area contributed by atoms with E-state index >= 15 is 0 Å². The van der Waals surface area contributed by atoms with Gasteiger partial charge >= 0.3 is 0 Å². The van der Waals surface area contributed by atoms with Crippen LogP contribution in [0.1, 0.15) is 13.3 Å². The van der Waals surface area contributed by atoms with Gasteiger partial charge in [-0.25, -0.2) is 4.98 Å². The van der Waals surface area contributed by atoms with Gasteiger partial charge in [0.2, 0.25) is 5.91 Å². The number of para-hydroxylation sites is 1. The number of hydrogen-bond acceptors (Lipinski definition) is 3. The summed E-state index contributed by atoms with van der Waals surface area (Å²) < 4.78 is 6.82. The smallest absolute Gasteiger partial charge is 0.231 e. The highest BCUT2D eigenvalue weighted by Crippen LogP contribution is 2.29. The van der Waals surface area contributed by atoms with Crippen molar-refractivity contribution < 1.29 is 9.53 Å². The lowest BCUT2D eigenvalue weighted by Crippen LogP contribution is -2.32. The number of carbonyl (C=O) groups is 1. The zero-order chi connectivity index (χ0) is 19.1. The lowest BCUT2D eigenvalue weighted by atomic mass is 10.1. The molecule has 1 amide bonds. The Balaban J connectivity index is 1.64. The number of rotatable bonds is 7. The van der Waals surface area contributed by atoms with Crippen LogP contribution >= 0.6 is 15.9 Å². The van der Waals surface area contributed by atoms with Crippen LogP contribution in [-0.2, 0) is 4.79 Å². The highest BCUT2D eigenvalue weighted by molar-refractivity contribution is 9.10. The molecular formula is C22H21BrN2O2. The molecule has 0 bridgehead atoms. The topological polar surface area (TPSA) is 42.4 Å². The second-order valence-corrected chi connectivity index (χ2v) is 6.85. The predicted octanol–water partition coefficient (Wildman–Crippen LogP) is 5.33. The van der Waals surface area contributed by atoms with E-state index in [9.17, 15) is 4.79 Å². The third kappa shape index (κ3) is 4.95. The van der Waals surface area contributed by atoms with E-state index in [0.29, 0.717) is 19.0 Å². The summed E-state index contributed by atoms with van der Waals surface area (Å²) in [7, 11) is 0. The van der Waals surface area contributed by atoms with Crippen molar-refractivity contribution in [2.24, 2.45) is 0 Å².